The number of hydrogen-bond acceptors (Lipinski definition) is 4. The predicted octanol–water partition coefficient (Wildman–Crippen LogP) is 9.43. The third-order valence-electron chi connectivity index (χ3n) is 9.73. The molecule has 2 saturated heterocycles. The number of rotatable bonds is 10. The second-order valence-electron chi connectivity index (χ2n) is 13.4. The van der Waals surface area contributed by atoms with Crippen molar-refractivity contribution in [1.82, 2.24) is 18.9 Å². The highest BCUT2D eigenvalue weighted by molar-refractivity contribution is 6.30. The summed E-state index contributed by atoms with van der Waals surface area (Å²) in [6, 6.07) is 17.9. The van der Waals surface area contributed by atoms with Gasteiger partial charge in [-0.15, -0.1) is 0 Å². The SMILES string of the molecule is Cc1cc(C(=O)/C=C/CN2CCCCC2)c(C)n1-c1ccc(Cl)cc1.Cc1cc(C(=O)/C=C/CN2CCCCC2)c(C)n1-c1ccc(F)cc1. The minimum atomic E-state index is -0.261. The van der Waals surface area contributed by atoms with Crippen molar-refractivity contribution in [1.29, 1.82) is 0 Å². The topological polar surface area (TPSA) is 50.5 Å². The van der Waals surface area contributed by atoms with Crippen molar-refractivity contribution in [3.05, 3.63) is 130 Å². The molecule has 0 atom stereocenters. The van der Waals surface area contributed by atoms with Gasteiger partial charge in [0.1, 0.15) is 5.82 Å². The summed E-state index contributed by atoms with van der Waals surface area (Å²) in [6.45, 7) is 14.1. The van der Waals surface area contributed by atoms with Gasteiger partial charge < -0.3 is 9.13 Å². The first-order valence-corrected chi connectivity index (χ1v) is 18.3. The Kier molecular flexibility index (Phi) is 13.2. The van der Waals surface area contributed by atoms with Crippen LogP contribution < -0.4 is 0 Å². The maximum absolute atomic E-state index is 13.2. The minimum Gasteiger partial charge on any atom is -0.318 e. The zero-order valence-corrected chi connectivity index (χ0v) is 30.7. The fraction of sp³-hybridized carbons (Fsp3) is 0.381. The van der Waals surface area contributed by atoms with E-state index in [4.69, 9.17) is 11.6 Å². The van der Waals surface area contributed by atoms with Crippen LogP contribution in [0.15, 0.2) is 85.0 Å². The molecule has 0 spiro atoms. The highest BCUT2D eigenvalue weighted by Gasteiger charge is 2.17. The summed E-state index contributed by atoms with van der Waals surface area (Å²) in [4.78, 5) is 30.0. The van der Waals surface area contributed by atoms with Gasteiger partial charge >= 0.3 is 0 Å². The van der Waals surface area contributed by atoms with E-state index in [9.17, 15) is 14.0 Å². The molecular formula is C42H50ClFN4O2. The molecule has 2 aromatic heterocycles. The molecule has 0 saturated carbocycles. The number of halogens is 2. The molecule has 264 valence electrons. The van der Waals surface area contributed by atoms with Crippen molar-refractivity contribution < 1.29 is 14.0 Å². The summed E-state index contributed by atoms with van der Waals surface area (Å²) in [5.41, 5.74) is 7.23. The number of aryl methyl sites for hydroxylation is 2. The molecule has 0 aliphatic carbocycles. The number of carbonyl (C=O) groups is 2. The van der Waals surface area contributed by atoms with E-state index < -0.39 is 0 Å². The quantitative estimate of drug-likeness (QED) is 0.122. The van der Waals surface area contributed by atoms with Crippen LogP contribution in [0.25, 0.3) is 11.4 Å². The Morgan fingerprint density at radius 3 is 1.40 bits per heavy atom. The number of allylic oxidation sites excluding steroid dienone is 2. The molecule has 0 bridgehead atoms. The second-order valence-corrected chi connectivity index (χ2v) is 13.9. The van der Waals surface area contributed by atoms with Gasteiger partial charge in [0.05, 0.1) is 0 Å². The Hall–Kier alpha value is -4.04. The van der Waals surface area contributed by atoms with Crippen LogP contribution in [-0.4, -0.2) is 69.8 Å². The fourth-order valence-electron chi connectivity index (χ4n) is 7.08. The maximum atomic E-state index is 13.2. The standard InChI is InChI=1S/C21H25ClN2O.C21H25FN2O/c2*1-16-15-20(17(2)24(16)19-10-8-18(22)9-11-19)21(25)7-6-14-23-12-4-3-5-13-23/h2*6-11,15H,3-5,12-14H2,1-2H3/b2*7-6+. The van der Waals surface area contributed by atoms with Crippen LogP contribution in [0, 0.1) is 33.5 Å². The second kappa shape index (κ2) is 17.8. The zero-order chi connectivity index (χ0) is 35.6. The molecule has 4 aromatic rings. The normalized spacial score (nSPS) is 15.8. The van der Waals surface area contributed by atoms with Gasteiger partial charge in [-0.3, -0.25) is 19.4 Å². The van der Waals surface area contributed by atoms with Crippen molar-refractivity contribution in [2.45, 2.75) is 66.2 Å². The third-order valence-corrected chi connectivity index (χ3v) is 9.98. The van der Waals surface area contributed by atoms with Crippen LogP contribution in [-0.2, 0) is 0 Å². The van der Waals surface area contributed by atoms with Gasteiger partial charge in [0.25, 0.3) is 0 Å². The summed E-state index contributed by atoms with van der Waals surface area (Å²) in [5.74, 6) is -0.160. The van der Waals surface area contributed by atoms with E-state index in [0.29, 0.717) is 10.6 Å². The predicted molar refractivity (Wildman–Crippen MR) is 203 cm³/mol. The van der Waals surface area contributed by atoms with E-state index in [1.807, 2.05) is 80.8 Å². The number of piperidine rings is 2. The van der Waals surface area contributed by atoms with Crippen molar-refractivity contribution in [3.63, 3.8) is 0 Å². The molecule has 50 heavy (non-hydrogen) atoms. The van der Waals surface area contributed by atoms with Gasteiger partial charge in [-0.05, 0) is 152 Å². The van der Waals surface area contributed by atoms with E-state index >= 15 is 0 Å². The van der Waals surface area contributed by atoms with Crippen molar-refractivity contribution in [3.8, 4) is 11.4 Å². The van der Waals surface area contributed by atoms with Crippen LogP contribution in [0.4, 0.5) is 4.39 Å². The molecule has 2 fully saturated rings. The molecule has 2 aromatic carbocycles. The van der Waals surface area contributed by atoms with Gasteiger partial charge in [0, 0.05) is 63.4 Å². The number of carbonyl (C=O) groups excluding carboxylic acids is 2. The molecule has 2 aliphatic rings. The Morgan fingerprint density at radius 2 is 1.00 bits per heavy atom. The van der Waals surface area contributed by atoms with Crippen LogP contribution in [0.5, 0.6) is 0 Å². The summed E-state index contributed by atoms with van der Waals surface area (Å²) in [6.07, 6.45) is 15.1. The minimum absolute atomic E-state index is 0.0264. The van der Waals surface area contributed by atoms with Crippen molar-refractivity contribution in [2.24, 2.45) is 0 Å². The molecule has 8 heteroatoms. The molecule has 4 heterocycles. The molecule has 6 rings (SSSR count). The maximum Gasteiger partial charge on any atom is 0.187 e. The average Bonchev–Trinajstić information content (AvgIpc) is 3.59. The summed E-state index contributed by atoms with van der Waals surface area (Å²) >= 11 is 5.98. The number of aromatic nitrogens is 2. The average molecular weight is 697 g/mol. The van der Waals surface area contributed by atoms with Crippen LogP contribution >= 0.6 is 11.6 Å². The summed E-state index contributed by atoms with van der Waals surface area (Å²) < 4.78 is 17.2. The molecule has 6 nitrogen and oxygen atoms in total. The Labute approximate surface area is 301 Å². The van der Waals surface area contributed by atoms with Gasteiger partial charge in [0.15, 0.2) is 11.6 Å². The first-order valence-electron chi connectivity index (χ1n) is 17.9. The van der Waals surface area contributed by atoms with E-state index in [2.05, 4.69) is 14.4 Å². The number of nitrogens with zero attached hydrogens (tertiary/aromatic N) is 4. The van der Waals surface area contributed by atoms with Gasteiger partial charge in [0.2, 0.25) is 0 Å². The monoisotopic (exact) mass is 696 g/mol. The number of ketones is 2. The molecule has 0 N–H and O–H groups in total. The molecule has 0 radical (unpaired) electrons. The summed E-state index contributed by atoms with van der Waals surface area (Å²) in [5, 5.41) is 0.711. The highest BCUT2D eigenvalue weighted by atomic mass is 35.5. The lowest BCUT2D eigenvalue weighted by Gasteiger charge is -2.24. The highest BCUT2D eigenvalue weighted by Crippen LogP contribution is 2.24. The van der Waals surface area contributed by atoms with Crippen LogP contribution in [0.3, 0.4) is 0 Å². The fourth-order valence-corrected chi connectivity index (χ4v) is 7.21. The lowest BCUT2D eigenvalue weighted by molar-refractivity contribution is 0.103. The largest absolute Gasteiger partial charge is 0.318 e. The van der Waals surface area contributed by atoms with E-state index in [-0.39, 0.29) is 17.4 Å². The Balaban J connectivity index is 0.000000194. The van der Waals surface area contributed by atoms with E-state index in [1.54, 1.807) is 24.3 Å². The van der Waals surface area contributed by atoms with Gasteiger partial charge in [-0.2, -0.15) is 0 Å². The lowest BCUT2D eigenvalue weighted by atomic mass is 10.1. The third kappa shape index (κ3) is 9.59. The molecule has 0 unspecified atom stereocenters. The molecule has 2 aliphatic heterocycles. The lowest BCUT2D eigenvalue weighted by Crippen LogP contribution is -2.29. The Morgan fingerprint density at radius 1 is 0.620 bits per heavy atom. The van der Waals surface area contributed by atoms with E-state index in [1.165, 1.54) is 50.7 Å². The van der Waals surface area contributed by atoms with Gasteiger partial charge in [-0.1, -0.05) is 36.6 Å². The number of hydrogen-bond donors (Lipinski definition) is 0. The van der Waals surface area contributed by atoms with Crippen molar-refractivity contribution >= 4 is 23.2 Å². The van der Waals surface area contributed by atoms with E-state index in [0.717, 1.165) is 79.0 Å². The Bertz CT molecular complexity index is 1670. The first-order chi connectivity index (χ1) is 24.1. The van der Waals surface area contributed by atoms with Gasteiger partial charge in [-0.25, -0.2) is 4.39 Å². The van der Waals surface area contributed by atoms with Crippen LogP contribution in [0.1, 0.15) is 82.0 Å². The smallest absolute Gasteiger partial charge is 0.187 e. The first kappa shape index (κ1) is 37.2. The van der Waals surface area contributed by atoms with Crippen LogP contribution in [0.2, 0.25) is 5.02 Å². The zero-order valence-electron chi connectivity index (χ0n) is 29.9. The molecular weight excluding hydrogens is 647 g/mol. The van der Waals surface area contributed by atoms with Crippen molar-refractivity contribution in [2.75, 3.05) is 39.3 Å². The number of likely N-dealkylation sites (tertiary alicyclic amines) is 2. The molecule has 0 amide bonds. The summed E-state index contributed by atoms with van der Waals surface area (Å²) in [7, 11) is 0. The number of benzene rings is 2.